The Morgan fingerprint density at radius 3 is 2.72 bits per heavy atom. The summed E-state index contributed by atoms with van der Waals surface area (Å²) in [6.07, 6.45) is 6.37. The fourth-order valence-corrected chi connectivity index (χ4v) is 2.30. The second-order valence-corrected chi connectivity index (χ2v) is 4.66. The van der Waals surface area contributed by atoms with Crippen LogP contribution in [0.3, 0.4) is 0 Å². The van der Waals surface area contributed by atoms with E-state index in [0.717, 1.165) is 6.54 Å². The van der Waals surface area contributed by atoms with Crippen molar-refractivity contribution in [2.24, 2.45) is 5.92 Å². The van der Waals surface area contributed by atoms with E-state index in [2.05, 4.69) is 10.3 Å². The molecule has 1 aliphatic rings. The predicted molar refractivity (Wildman–Crippen MR) is 74.8 cm³/mol. The summed E-state index contributed by atoms with van der Waals surface area (Å²) in [6.45, 7) is 0.759. The zero-order chi connectivity index (χ0) is 12.1. The molecule has 0 unspecified atom stereocenters. The molecule has 100 valence electrons. The highest BCUT2D eigenvalue weighted by Crippen LogP contribution is 2.22. The molecule has 0 spiro atoms. The minimum absolute atomic E-state index is 0. The van der Waals surface area contributed by atoms with Crippen molar-refractivity contribution in [3.8, 4) is 0 Å². The first-order valence-corrected chi connectivity index (χ1v) is 6.26. The van der Waals surface area contributed by atoms with Crippen LogP contribution in [0.4, 0.5) is 5.82 Å². The Bertz CT molecular complexity index is 392. The number of carbonyl (C=O) groups excluding carboxylic acids is 1. The third kappa shape index (κ3) is 4.18. The van der Waals surface area contributed by atoms with Crippen LogP contribution in [0.1, 0.15) is 42.6 Å². The Hall–Kier alpha value is -1.29. The molecule has 2 rings (SSSR count). The maximum atomic E-state index is 11.8. The van der Waals surface area contributed by atoms with Gasteiger partial charge in [-0.2, -0.15) is 0 Å². The maximum Gasteiger partial charge on any atom is 0.269 e. The van der Waals surface area contributed by atoms with E-state index in [4.69, 9.17) is 5.73 Å². The molecule has 1 saturated carbocycles. The van der Waals surface area contributed by atoms with E-state index in [0.29, 0.717) is 17.4 Å². The van der Waals surface area contributed by atoms with Crippen LogP contribution in [0.2, 0.25) is 0 Å². The summed E-state index contributed by atoms with van der Waals surface area (Å²) in [4.78, 5) is 15.8. The summed E-state index contributed by atoms with van der Waals surface area (Å²) in [5, 5.41) is 2.94. The van der Waals surface area contributed by atoms with Crippen LogP contribution < -0.4 is 11.1 Å². The van der Waals surface area contributed by atoms with E-state index in [9.17, 15) is 4.79 Å². The SMILES string of the molecule is Cl.Nc1cccc(C(=O)NCC2CCCCC2)n1. The third-order valence-electron chi connectivity index (χ3n) is 3.28. The van der Waals surface area contributed by atoms with Crippen LogP contribution in [-0.4, -0.2) is 17.4 Å². The van der Waals surface area contributed by atoms with Gasteiger partial charge in [-0.25, -0.2) is 4.98 Å². The lowest BCUT2D eigenvalue weighted by atomic mass is 9.89. The summed E-state index contributed by atoms with van der Waals surface area (Å²) in [5.41, 5.74) is 5.95. The van der Waals surface area contributed by atoms with Crippen molar-refractivity contribution < 1.29 is 4.79 Å². The number of carbonyl (C=O) groups is 1. The molecule has 18 heavy (non-hydrogen) atoms. The lowest BCUT2D eigenvalue weighted by molar-refractivity contribution is 0.0938. The lowest BCUT2D eigenvalue weighted by Crippen LogP contribution is -2.30. The fraction of sp³-hybridized carbons (Fsp3) is 0.538. The van der Waals surface area contributed by atoms with Gasteiger partial charge in [0.15, 0.2) is 0 Å². The molecule has 1 heterocycles. The average Bonchev–Trinajstić information content (AvgIpc) is 2.37. The predicted octanol–water partition coefficient (Wildman–Crippen LogP) is 2.40. The molecule has 1 aromatic rings. The zero-order valence-corrected chi connectivity index (χ0v) is 11.2. The van der Waals surface area contributed by atoms with Gasteiger partial charge in [-0.1, -0.05) is 25.3 Å². The average molecular weight is 270 g/mol. The molecular weight excluding hydrogens is 250 g/mol. The molecule has 0 aliphatic heterocycles. The van der Waals surface area contributed by atoms with Crippen LogP contribution in [0.25, 0.3) is 0 Å². The van der Waals surface area contributed by atoms with Crippen LogP contribution in [-0.2, 0) is 0 Å². The number of hydrogen-bond acceptors (Lipinski definition) is 3. The van der Waals surface area contributed by atoms with Crippen LogP contribution in [0.15, 0.2) is 18.2 Å². The molecular formula is C13H20ClN3O. The Balaban J connectivity index is 0.00000162. The molecule has 0 aromatic carbocycles. The van der Waals surface area contributed by atoms with Crippen molar-refractivity contribution in [3.05, 3.63) is 23.9 Å². The number of rotatable bonds is 3. The number of nitrogens with zero attached hydrogens (tertiary/aromatic N) is 1. The standard InChI is InChI=1S/C13H19N3O.ClH/c14-12-8-4-7-11(16-12)13(17)15-9-10-5-2-1-3-6-10;/h4,7-8,10H,1-3,5-6,9H2,(H2,14,16)(H,15,17);1H. The van der Waals surface area contributed by atoms with Crippen molar-refractivity contribution in [3.63, 3.8) is 0 Å². The number of nitrogens with one attached hydrogen (secondary N) is 1. The molecule has 1 aromatic heterocycles. The van der Waals surface area contributed by atoms with E-state index in [1.165, 1.54) is 32.1 Å². The van der Waals surface area contributed by atoms with Crippen molar-refractivity contribution in [1.82, 2.24) is 10.3 Å². The number of aromatic nitrogens is 1. The quantitative estimate of drug-likeness (QED) is 0.885. The van der Waals surface area contributed by atoms with Gasteiger partial charge in [0.05, 0.1) is 0 Å². The van der Waals surface area contributed by atoms with Gasteiger partial charge in [-0.05, 0) is 30.9 Å². The second kappa shape index (κ2) is 7.21. The number of nitrogens with two attached hydrogens (primary N) is 1. The summed E-state index contributed by atoms with van der Waals surface area (Å²) < 4.78 is 0. The molecule has 0 saturated heterocycles. The Kier molecular flexibility index (Phi) is 5.92. The highest BCUT2D eigenvalue weighted by atomic mass is 35.5. The number of nitrogen functional groups attached to an aromatic ring is 1. The Labute approximate surface area is 114 Å². The molecule has 4 nitrogen and oxygen atoms in total. The van der Waals surface area contributed by atoms with Gasteiger partial charge in [0.25, 0.3) is 5.91 Å². The topological polar surface area (TPSA) is 68.0 Å². The minimum atomic E-state index is -0.122. The first-order chi connectivity index (χ1) is 8.25. The summed E-state index contributed by atoms with van der Waals surface area (Å²) in [7, 11) is 0. The van der Waals surface area contributed by atoms with Gasteiger partial charge in [-0.15, -0.1) is 12.4 Å². The maximum absolute atomic E-state index is 11.8. The van der Waals surface area contributed by atoms with E-state index in [-0.39, 0.29) is 18.3 Å². The van der Waals surface area contributed by atoms with Crippen molar-refractivity contribution in [2.45, 2.75) is 32.1 Å². The zero-order valence-electron chi connectivity index (χ0n) is 10.4. The number of amides is 1. The van der Waals surface area contributed by atoms with Crippen molar-refractivity contribution in [1.29, 1.82) is 0 Å². The van der Waals surface area contributed by atoms with E-state index < -0.39 is 0 Å². The molecule has 0 atom stereocenters. The van der Waals surface area contributed by atoms with Crippen LogP contribution >= 0.6 is 12.4 Å². The Morgan fingerprint density at radius 1 is 1.33 bits per heavy atom. The molecule has 1 aliphatic carbocycles. The first kappa shape index (κ1) is 14.8. The molecule has 0 bridgehead atoms. The lowest BCUT2D eigenvalue weighted by Gasteiger charge is -2.21. The van der Waals surface area contributed by atoms with Gasteiger partial charge >= 0.3 is 0 Å². The smallest absolute Gasteiger partial charge is 0.269 e. The van der Waals surface area contributed by atoms with Gasteiger partial charge < -0.3 is 11.1 Å². The van der Waals surface area contributed by atoms with E-state index in [1.807, 2.05) is 0 Å². The van der Waals surface area contributed by atoms with Gasteiger partial charge in [0.1, 0.15) is 11.5 Å². The van der Waals surface area contributed by atoms with E-state index in [1.54, 1.807) is 18.2 Å². The normalized spacial score (nSPS) is 15.8. The van der Waals surface area contributed by atoms with Gasteiger partial charge in [0, 0.05) is 6.54 Å². The number of hydrogen-bond donors (Lipinski definition) is 2. The summed E-state index contributed by atoms with van der Waals surface area (Å²) in [5.74, 6) is 0.895. The van der Waals surface area contributed by atoms with Crippen LogP contribution in [0, 0.1) is 5.92 Å². The Morgan fingerprint density at radius 2 is 2.06 bits per heavy atom. The van der Waals surface area contributed by atoms with E-state index >= 15 is 0 Å². The molecule has 1 fully saturated rings. The largest absolute Gasteiger partial charge is 0.384 e. The van der Waals surface area contributed by atoms with Crippen molar-refractivity contribution in [2.75, 3.05) is 12.3 Å². The summed E-state index contributed by atoms with van der Waals surface area (Å²) >= 11 is 0. The van der Waals surface area contributed by atoms with Crippen molar-refractivity contribution >= 4 is 24.1 Å². The molecule has 5 heteroatoms. The third-order valence-corrected chi connectivity index (χ3v) is 3.28. The highest BCUT2D eigenvalue weighted by Gasteiger charge is 2.15. The number of pyridine rings is 1. The highest BCUT2D eigenvalue weighted by molar-refractivity contribution is 5.92. The number of halogens is 1. The van der Waals surface area contributed by atoms with Gasteiger partial charge in [-0.3, -0.25) is 4.79 Å². The fourth-order valence-electron chi connectivity index (χ4n) is 2.30. The first-order valence-electron chi connectivity index (χ1n) is 6.26. The van der Waals surface area contributed by atoms with Gasteiger partial charge in [0.2, 0.25) is 0 Å². The minimum Gasteiger partial charge on any atom is -0.384 e. The number of anilines is 1. The summed E-state index contributed by atoms with van der Waals surface area (Å²) in [6, 6.07) is 5.11. The monoisotopic (exact) mass is 269 g/mol. The van der Waals surface area contributed by atoms with Crippen LogP contribution in [0.5, 0.6) is 0 Å². The molecule has 0 radical (unpaired) electrons. The molecule has 1 amide bonds. The second-order valence-electron chi connectivity index (χ2n) is 4.66. The molecule has 3 N–H and O–H groups in total.